The zero-order valence-corrected chi connectivity index (χ0v) is 13.3. The fraction of sp³-hybridized carbons (Fsp3) is 0.0952. The second-order valence-electron chi connectivity index (χ2n) is 6.06. The molecule has 0 saturated carbocycles. The van der Waals surface area contributed by atoms with Crippen molar-refractivity contribution in [3.05, 3.63) is 101 Å². The highest BCUT2D eigenvalue weighted by Crippen LogP contribution is 2.44. The van der Waals surface area contributed by atoms with E-state index in [-0.39, 0.29) is 5.91 Å². The van der Waals surface area contributed by atoms with Crippen molar-refractivity contribution in [2.45, 2.75) is 12.6 Å². The van der Waals surface area contributed by atoms with E-state index >= 15 is 0 Å². The SMILES string of the molecule is Cc1ccc(N2C(=O)c3ccccc3[C@]2(O)c2ccccc2)cc1. The Morgan fingerprint density at radius 1 is 0.833 bits per heavy atom. The molecule has 24 heavy (non-hydrogen) atoms. The lowest BCUT2D eigenvalue weighted by Crippen LogP contribution is -2.45. The maximum Gasteiger partial charge on any atom is 0.261 e. The van der Waals surface area contributed by atoms with Gasteiger partial charge in [-0.15, -0.1) is 0 Å². The van der Waals surface area contributed by atoms with E-state index in [4.69, 9.17) is 0 Å². The third kappa shape index (κ3) is 1.99. The standard InChI is InChI=1S/C21H17NO2/c1-15-11-13-17(14-12-15)22-20(23)18-9-5-6-10-19(18)21(22,24)16-7-3-2-4-8-16/h2-14,24H,1H3/t21-/m1/s1. The van der Waals surface area contributed by atoms with E-state index in [1.807, 2.05) is 79.7 Å². The summed E-state index contributed by atoms with van der Waals surface area (Å²) in [6, 6.07) is 24.2. The number of amides is 1. The van der Waals surface area contributed by atoms with E-state index in [0.29, 0.717) is 22.4 Å². The number of nitrogens with zero attached hydrogens (tertiary/aromatic N) is 1. The Kier molecular flexibility index (Phi) is 3.25. The molecule has 0 spiro atoms. The first-order valence-electron chi connectivity index (χ1n) is 7.91. The first-order valence-corrected chi connectivity index (χ1v) is 7.91. The molecule has 3 aromatic rings. The number of hydrogen-bond donors (Lipinski definition) is 1. The molecule has 0 radical (unpaired) electrons. The van der Waals surface area contributed by atoms with E-state index in [1.54, 1.807) is 6.07 Å². The van der Waals surface area contributed by atoms with Crippen LogP contribution in [0.25, 0.3) is 0 Å². The van der Waals surface area contributed by atoms with Gasteiger partial charge in [0.15, 0.2) is 5.72 Å². The van der Waals surface area contributed by atoms with Crippen LogP contribution in [0.5, 0.6) is 0 Å². The predicted octanol–water partition coefficient (Wildman–Crippen LogP) is 3.85. The Balaban J connectivity index is 1.98. The second-order valence-corrected chi connectivity index (χ2v) is 6.06. The van der Waals surface area contributed by atoms with Gasteiger partial charge >= 0.3 is 0 Å². The third-order valence-corrected chi connectivity index (χ3v) is 4.53. The summed E-state index contributed by atoms with van der Waals surface area (Å²) in [6.45, 7) is 1.99. The molecule has 1 amide bonds. The molecule has 3 heteroatoms. The molecule has 118 valence electrons. The van der Waals surface area contributed by atoms with Gasteiger partial charge in [0.05, 0.1) is 0 Å². The molecule has 3 nitrogen and oxygen atoms in total. The Morgan fingerprint density at radius 2 is 1.46 bits per heavy atom. The van der Waals surface area contributed by atoms with Gasteiger partial charge in [-0.25, -0.2) is 0 Å². The average Bonchev–Trinajstić information content (AvgIpc) is 2.86. The number of carbonyl (C=O) groups is 1. The maximum absolute atomic E-state index is 13.0. The molecule has 0 aliphatic carbocycles. The summed E-state index contributed by atoms with van der Waals surface area (Å²) in [6.07, 6.45) is 0. The number of aryl methyl sites for hydroxylation is 1. The Bertz CT molecular complexity index is 903. The van der Waals surface area contributed by atoms with Crippen LogP contribution >= 0.6 is 0 Å². The van der Waals surface area contributed by atoms with Gasteiger partial charge in [-0.2, -0.15) is 0 Å². The molecule has 1 heterocycles. The van der Waals surface area contributed by atoms with Crippen LogP contribution in [-0.2, 0) is 5.72 Å². The van der Waals surface area contributed by atoms with Crippen molar-refractivity contribution in [3.8, 4) is 0 Å². The number of rotatable bonds is 2. The van der Waals surface area contributed by atoms with Crippen molar-refractivity contribution in [1.29, 1.82) is 0 Å². The van der Waals surface area contributed by atoms with E-state index < -0.39 is 5.72 Å². The van der Waals surface area contributed by atoms with Gasteiger partial charge in [-0.1, -0.05) is 66.2 Å². The minimum absolute atomic E-state index is 0.194. The quantitative estimate of drug-likeness (QED) is 0.780. The van der Waals surface area contributed by atoms with Gasteiger partial charge < -0.3 is 5.11 Å². The smallest absolute Gasteiger partial charge is 0.261 e. The number of anilines is 1. The molecule has 1 aliphatic rings. The predicted molar refractivity (Wildman–Crippen MR) is 93.9 cm³/mol. The number of carbonyl (C=O) groups excluding carboxylic acids is 1. The molecule has 0 bridgehead atoms. The average molecular weight is 315 g/mol. The topological polar surface area (TPSA) is 40.5 Å². The monoisotopic (exact) mass is 315 g/mol. The van der Waals surface area contributed by atoms with Gasteiger partial charge in [0.25, 0.3) is 5.91 Å². The summed E-state index contributed by atoms with van der Waals surface area (Å²) in [5.41, 5.74) is 2.08. The van der Waals surface area contributed by atoms with E-state index in [2.05, 4.69) is 0 Å². The van der Waals surface area contributed by atoms with Crippen LogP contribution < -0.4 is 4.90 Å². The lowest BCUT2D eigenvalue weighted by atomic mass is 9.93. The molecular formula is C21H17NO2. The van der Waals surface area contributed by atoms with Gasteiger partial charge in [0, 0.05) is 22.4 Å². The first-order chi connectivity index (χ1) is 11.6. The first kappa shape index (κ1) is 14.7. The summed E-state index contributed by atoms with van der Waals surface area (Å²) in [5.74, 6) is -0.194. The van der Waals surface area contributed by atoms with E-state index in [1.165, 1.54) is 4.90 Å². The zero-order chi connectivity index (χ0) is 16.7. The van der Waals surface area contributed by atoms with Gasteiger partial charge in [-0.3, -0.25) is 9.69 Å². The zero-order valence-electron chi connectivity index (χ0n) is 13.3. The largest absolute Gasteiger partial charge is 0.363 e. The molecular weight excluding hydrogens is 298 g/mol. The van der Waals surface area contributed by atoms with E-state index in [0.717, 1.165) is 5.56 Å². The van der Waals surface area contributed by atoms with Crippen molar-refractivity contribution in [2.24, 2.45) is 0 Å². The maximum atomic E-state index is 13.0. The van der Waals surface area contributed by atoms with E-state index in [9.17, 15) is 9.90 Å². The number of benzene rings is 3. The summed E-state index contributed by atoms with van der Waals surface area (Å²) >= 11 is 0. The summed E-state index contributed by atoms with van der Waals surface area (Å²) in [7, 11) is 0. The number of fused-ring (bicyclic) bond motifs is 1. The lowest BCUT2D eigenvalue weighted by Gasteiger charge is -2.35. The highest BCUT2D eigenvalue weighted by molar-refractivity contribution is 6.12. The molecule has 1 N–H and O–H groups in total. The lowest BCUT2D eigenvalue weighted by molar-refractivity contribution is 0.0703. The minimum atomic E-state index is -1.51. The molecule has 1 aliphatic heterocycles. The van der Waals surface area contributed by atoms with Gasteiger partial charge in [-0.05, 0) is 25.1 Å². The van der Waals surface area contributed by atoms with Crippen LogP contribution in [0.2, 0.25) is 0 Å². The fourth-order valence-electron chi connectivity index (χ4n) is 3.31. The van der Waals surface area contributed by atoms with Crippen molar-refractivity contribution in [3.63, 3.8) is 0 Å². The van der Waals surface area contributed by atoms with Gasteiger partial charge in [0.1, 0.15) is 0 Å². The molecule has 4 rings (SSSR count). The number of aliphatic hydroxyl groups is 1. The van der Waals surface area contributed by atoms with Crippen LogP contribution in [0.1, 0.15) is 27.0 Å². The second kappa shape index (κ2) is 5.32. The summed E-state index contributed by atoms with van der Waals surface area (Å²) < 4.78 is 0. The Hall–Kier alpha value is -2.91. The highest BCUT2D eigenvalue weighted by atomic mass is 16.3. The van der Waals surface area contributed by atoms with Crippen molar-refractivity contribution in [1.82, 2.24) is 0 Å². The number of hydrogen-bond acceptors (Lipinski definition) is 2. The Labute approximate surface area is 140 Å². The van der Waals surface area contributed by atoms with Crippen molar-refractivity contribution < 1.29 is 9.90 Å². The van der Waals surface area contributed by atoms with Crippen molar-refractivity contribution >= 4 is 11.6 Å². The molecule has 0 fully saturated rings. The van der Waals surface area contributed by atoms with Crippen molar-refractivity contribution in [2.75, 3.05) is 4.90 Å². The van der Waals surface area contributed by atoms with Crippen LogP contribution in [-0.4, -0.2) is 11.0 Å². The third-order valence-electron chi connectivity index (χ3n) is 4.53. The van der Waals surface area contributed by atoms with Crippen LogP contribution in [0.15, 0.2) is 78.9 Å². The van der Waals surface area contributed by atoms with Crippen LogP contribution in [0, 0.1) is 6.92 Å². The molecule has 0 unspecified atom stereocenters. The normalized spacial score (nSPS) is 19.4. The molecule has 1 atom stereocenters. The highest BCUT2D eigenvalue weighted by Gasteiger charge is 2.50. The molecule has 0 aromatic heterocycles. The fourth-order valence-corrected chi connectivity index (χ4v) is 3.31. The summed E-state index contributed by atoms with van der Waals surface area (Å²) in [5, 5.41) is 11.7. The van der Waals surface area contributed by atoms with Crippen LogP contribution in [0.4, 0.5) is 5.69 Å². The minimum Gasteiger partial charge on any atom is -0.363 e. The Morgan fingerprint density at radius 3 is 2.17 bits per heavy atom. The van der Waals surface area contributed by atoms with Crippen LogP contribution in [0.3, 0.4) is 0 Å². The summed E-state index contributed by atoms with van der Waals surface area (Å²) in [4.78, 5) is 14.5. The van der Waals surface area contributed by atoms with Gasteiger partial charge in [0.2, 0.25) is 0 Å². The molecule has 0 saturated heterocycles. The molecule has 3 aromatic carbocycles.